The van der Waals surface area contributed by atoms with Crippen LogP contribution in [0, 0.1) is 20.8 Å². The standard InChI is InChI=1S/C19H21NO/c1-12-9-14(3)16(10-13(12)2)19(20-4)17-11-21-18-8-6-5-7-15(17)18/h5-11,19-20H,1-4H3. The Labute approximate surface area is 125 Å². The van der Waals surface area contributed by atoms with E-state index in [0.717, 1.165) is 5.58 Å². The van der Waals surface area contributed by atoms with E-state index in [2.05, 4.69) is 50.4 Å². The Morgan fingerprint density at radius 1 is 0.905 bits per heavy atom. The minimum atomic E-state index is 0.146. The van der Waals surface area contributed by atoms with Crippen molar-refractivity contribution in [2.24, 2.45) is 0 Å². The lowest BCUT2D eigenvalue weighted by Gasteiger charge is -2.20. The molecule has 1 aromatic heterocycles. The molecule has 0 aliphatic carbocycles. The zero-order chi connectivity index (χ0) is 15.0. The van der Waals surface area contributed by atoms with Gasteiger partial charge >= 0.3 is 0 Å². The van der Waals surface area contributed by atoms with E-state index in [-0.39, 0.29) is 6.04 Å². The van der Waals surface area contributed by atoms with Crippen LogP contribution >= 0.6 is 0 Å². The van der Waals surface area contributed by atoms with E-state index < -0.39 is 0 Å². The second kappa shape index (κ2) is 5.38. The van der Waals surface area contributed by atoms with Gasteiger partial charge in [0.15, 0.2) is 0 Å². The third-order valence-electron chi connectivity index (χ3n) is 4.30. The second-order valence-electron chi connectivity index (χ2n) is 5.70. The van der Waals surface area contributed by atoms with Crippen molar-refractivity contribution in [2.75, 3.05) is 7.05 Å². The lowest BCUT2D eigenvalue weighted by Crippen LogP contribution is -2.18. The highest BCUT2D eigenvalue weighted by Gasteiger charge is 2.19. The molecule has 2 heteroatoms. The number of benzene rings is 2. The van der Waals surface area contributed by atoms with Crippen LogP contribution in [-0.4, -0.2) is 7.05 Å². The molecule has 2 nitrogen and oxygen atoms in total. The molecule has 1 atom stereocenters. The minimum Gasteiger partial charge on any atom is -0.464 e. The first-order valence-corrected chi connectivity index (χ1v) is 7.33. The SMILES string of the molecule is CNC(c1cc(C)c(C)cc1C)c1coc2ccccc12. The number of para-hydroxylation sites is 1. The van der Waals surface area contributed by atoms with Gasteiger partial charge in [0.05, 0.1) is 12.3 Å². The van der Waals surface area contributed by atoms with Gasteiger partial charge in [-0.1, -0.05) is 30.3 Å². The van der Waals surface area contributed by atoms with E-state index >= 15 is 0 Å². The average molecular weight is 279 g/mol. The first-order chi connectivity index (χ1) is 10.1. The molecule has 0 spiro atoms. The van der Waals surface area contributed by atoms with Gasteiger partial charge in [0.2, 0.25) is 0 Å². The van der Waals surface area contributed by atoms with Crippen molar-refractivity contribution in [2.45, 2.75) is 26.8 Å². The molecule has 21 heavy (non-hydrogen) atoms. The Balaban J connectivity index is 2.17. The van der Waals surface area contributed by atoms with Crippen molar-refractivity contribution < 1.29 is 4.42 Å². The van der Waals surface area contributed by atoms with Gasteiger partial charge in [-0.05, 0) is 56.1 Å². The highest BCUT2D eigenvalue weighted by atomic mass is 16.3. The maximum atomic E-state index is 5.71. The summed E-state index contributed by atoms with van der Waals surface area (Å²) in [6.07, 6.45) is 1.88. The Morgan fingerprint density at radius 3 is 2.38 bits per heavy atom. The summed E-state index contributed by atoms with van der Waals surface area (Å²) in [5.74, 6) is 0. The zero-order valence-electron chi connectivity index (χ0n) is 13.0. The summed E-state index contributed by atoms with van der Waals surface area (Å²) >= 11 is 0. The van der Waals surface area contributed by atoms with Gasteiger partial charge in [-0.15, -0.1) is 0 Å². The highest BCUT2D eigenvalue weighted by molar-refractivity contribution is 5.82. The van der Waals surface area contributed by atoms with Gasteiger partial charge < -0.3 is 9.73 Å². The molecule has 2 aromatic carbocycles. The quantitative estimate of drug-likeness (QED) is 0.754. The van der Waals surface area contributed by atoms with Gasteiger partial charge in [-0.3, -0.25) is 0 Å². The summed E-state index contributed by atoms with van der Waals surface area (Å²) in [5, 5.41) is 4.62. The number of hydrogen-bond acceptors (Lipinski definition) is 2. The van der Waals surface area contributed by atoms with E-state index in [1.54, 1.807) is 0 Å². The van der Waals surface area contributed by atoms with Crippen molar-refractivity contribution in [3.05, 3.63) is 70.5 Å². The van der Waals surface area contributed by atoms with Crippen molar-refractivity contribution >= 4 is 11.0 Å². The summed E-state index contributed by atoms with van der Waals surface area (Å²) < 4.78 is 5.71. The van der Waals surface area contributed by atoms with Gasteiger partial charge in [0, 0.05) is 10.9 Å². The fourth-order valence-corrected chi connectivity index (χ4v) is 2.99. The zero-order valence-corrected chi connectivity index (χ0v) is 13.0. The van der Waals surface area contributed by atoms with Gasteiger partial charge in [-0.25, -0.2) is 0 Å². The molecule has 0 bridgehead atoms. The summed E-state index contributed by atoms with van der Waals surface area (Å²) in [6, 6.07) is 12.9. The van der Waals surface area contributed by atoms with Crippen LogP contribution in [0.15, 0.2) is 47.1 Å². The molecule has 0 radical (unpaired) electrons. The lowest BCUT2D eigenvalue weighted by atomic mass is 9.91. The Hall–Kier alpha value is -2.06. The summed E-state index contributed by atoms with van der Waals surface area (Å²) in [7, 11) is 2.00. The van der Waals surface area contributed by atoms with Crippen LogP contribution in [0.1, 0.15) is 33.9 Å². The number of nitrogens with one attached hydrogen (secondary N) is 1. The summed E-state index contributed by atoms with van der Waals surface area (Å²) in [6.45, 7) is 6.50. The number of fused-ring (bicyclic) bond motifs is 1. The Kier molecular flexibility index (Phi) is 3.56. The molecule has 0 amide bonds. The topological polar surface area (TPSA) is 25.2 Å². The summed E-state index contributed by atoms with van der Waals surface area (Å²) in [4.78, 5) is 0. The molecule has 1 unspecified atom stereocenters. The number of aryl methyl sites for hydroxylation is 3. The molecular formula is C19H21NO. The second-order valence-corrected chi connectivity index (χ2v) is 5.70. The monoisotopic (exact) mass is 279 g/mol. The molecule has 1 heterocycles. The smallest absolute Gasteiger partial charge is 0.134 e. The minimum absolute atomic E-state index is 0.146. The van der Waals surface area contributed by atoms with E-state index in [0.29, 0.717) is 0 Å². The molecule has 3 rings (SSSR count). The molecule has 0 aliphatic rings. The van der Waals surface area contributed by atoms with Gasteiger partial charge in [0.1, 0.15) is 5.58 Å². The van der Waals surface area contributed by atoms with Crippen LogP contribution < -0.4 is 5.32 Å². The molecule has 1 N–H and O–H groups in total. The van der Waals surface area contributed by atoms with Crippen LogP contribution in [0.2, 0.25) is 0 Å². The molecular weight excluding hydrogens is 258 g/mol. The van der Waals surface area contributed by atoms with E-state index in [1.165, 1.54) is 33.2 Å². The maximum Gasteiger partial charge on any atom is 0.134 e. The van der Waals surface area contributed by atoms with Crippen LogP contribution in [0.5, 0.6) is 0 Å². The van der Waals surface area contributed by atoms with E-state index in [1.807, 2.05) is 25.4 Å². The largest absolute Gasteiger partial charge is 0.464 e. The number of furan rings is 1. The summed E-state index contributed by atoms with van der Waals surface area (Å²) in [5.41, 5.74) is 7.41. The van der Waals surface area contributed by atoms with Crippen LogP contribution in [-0.2, 0) is 0 Å². The van der Waals surface area contributed by atoms with Crippen LogP contribution in [0.3, 0.4) is 0 Å². The number of hydrogen-bond donors (Lipinski definition) is 1. The third-order valence-corrected chi connectivity index (χ3v) is 4.30. The fourth-order valence-electron chi connectivity index (χ4n) is 2.99. The first-order valence-electron chi connectivity index (χ1n) is 7.33. The lowest BCUT2D eigenvalue weighted by molar-refractivity contribution is 0.596. The predicted octanol–water partition coefficient (Wildman–Crippen LogP) is 4.67. The van der Waals surface area contributed by atoms with Crippen molar-refractivity contribution in [3.8, 4) is 0 Å². The van der Waals surface area contributed by atoms with Crippen LogP contribution in [0.4, 0.5) is 0 Å². The Morgan fingerprint density at radius 2 is 1.62 bits per heavy atom. The normalized spacial score (nSPS) is 12.8. The molecule has 108 valence electrons. The van der Waals surface area contributed by atoms with E-state index in [9.17, 15) is 0 Å². The maximum absolute atomic E-state index is 5.71. The molecule has 0 aliphatic heterocycles. The van der Waals surface area contributed by atoms with Crippen LogP contribution in [0.25, 0.3) is 11.0 Å². The average Bonchev–Trinajstić information content (AvgIpc) is 2.89. The molecule has 3 aromatic rings. The molecule has 0 saturated carbocycles. The van der Waals surface area contributed by atoms with Crippen molar-refractivity contribution in [1.29, 1.82) is 0 Å². The van der Waals surface area contributed by atoms with Crippen molar-refractivity contribution in [1.82, 2.24) is 5.32 Å². The number of rotatable bonds is 3. The fraction of sp³-hybridized carbons (Fsp3) is 0.263. The third kappa shape index (κ3) is 2.36. The molecule has 0 saturated heterocycles. The predicted molar refractivity (Wildman–Crippen MR) is 87.8 cm³/mol. The molecule has 0 fully saturated rings. The highest BCUT2D eigenvalue weighted by Crippen LogP contribution is 2.32. The van der Waals surface area contributed by atoms with Gasteiger partial charge in [-0.2, -0.15) is 0 Å². The van der Waals surface area contributed by atoms with E-state index in [4.69, 9.17) is 4.42 Å². The first kappa shape index (κ1) is 13.9. The van der Waals surface area contributed by atoms with Crippen molar-refractivity contribution in [3.63, 3.8) is 0 Å². The van der Waals surface area contributed by atoms with Gasteiger partial charge in [0.25, 0.3) is 0 Å². The Bertz CT molecular complexity index is 785.